The van der Waals surface area contributed by atoms with Crippen molar-refractivity contribution in [2.75, 3.05) is 13.1 Å². The van der Waals surface area contributed by atoms with Crippen LogP contribution in [0.4, 0.5) is 0 Å². The first-order valence-corrected chi connectivity index (χ1v) is 8.41. The van der Waals surface area contributed by atoms with Crippen molar-refractivity contribution in [1.29, 1.82) is 0 Å². The van der Waals surface area contributed by atoms with Crippen LogP contribution in [0.25, 0.3) is 0 Å². The summed E-state index contributed by atoms with van der Waals surface area (Å²) in [6, 6.07) is 3.37. The molecule has 1 saturated heterocycles. The molecule has 0 aromatic carbocycles. The average Bonchev–Trinajstić information content (AvgIpc) is 2.75. The predicted molar refractivity (Wildman–Crippen MR) is 78.4 cm³/mol. The number of halogens is 1. The maximum atomic E-state index is 12.5. The predicted octanol–water partition coefficient (Wildman–Crippen LogP) is 1.79. The smallest absolute Gasteiger partial charge is 0.248 e. The molecule has 2 aromatic rings. The molecule has 9 heteroatoms. The maximum Gasteiger partial charge on any atom is 0.248 e. The van der Waals surface area contributed by atoms with Crippen LogP contribution in [-0.4, -0.2) is 42.1 Å². The number of hydrogen-bond acceptors (Lipinski definition) is 6. The van der Waals surface area contributed by atoms with Gasteiger partial charge < -0.3 is 9.26 Å². The first-order valence-electron chi connectivity index (χ1n) is 6.60. The van der Waals surface area contributed by atoms with Crippen LogP contribution >= 0.6 is 11.6 Å². The highest BCUT2D eigenvalue weighted by Gasteiger charge is 2.41. The van der Waals surface area contributed by atoms with E-state index < -0.39 is 10.0 Å². The van der Waals surface area contributed by atoms with Crippen molar-refractivity contribution in [2.45, 2.75) is 24.8 Å². The van der Waals surface area contributed by atoms with E-state index in [0.717, 1.165) is 0 Å². The molecule has 1 aliphatic heterocycles. The summed E-state index contributed by atoms with van der Waals surface area (Å²) in [6.07, 6.45) is 1.29. The normalized spacial score (nSPS) is 16.5. The van der Waals surface area contributed by atoms with Crippen LogP contribution in [0.2, 0.25) is 5.02 Å². The molecule has 0 bridgehead atoms. The highest BCUT2D eigenvalue weighted by Crippen LogP contribution is 2.29. The lowest BCUT2D eigenvalue weighted by atomic mass is 10.2. The van der Waals surface area contributed by atoms with Gasteiger partial charge in [-0.1, -0.05) is 16.8 Å². The summed E-state index contributed by atoms with van der Waals surface area (Å²) in [6.45, 7) is 3.65. The van der Waals surface area contributed by atoms with Gasteiger partial charge in [0.15, 0.2) is 5.76 Å². The molecule has 1 fully saturated rings. The van der Waals surface area contributed by atoms with Crippen LogP contribution in [-0.2, 0) is 10.0 Å². The fraction of sp³-hybridized carbons (Fsp3) is 0.385. The van der Waals surface area contributed by atoms with E-state index >= 15 is 0 Å². The van der Waals surface area contributed by atoms with Crippen LogP contribution in [0.5, 0.6) is 5.88 Å². The lowest BCUT2D eigenvalue weighted by molar-refractivity contribution is 0.0721. The zero-order chi connectivity index (χ0) is 15.9. The molecule has 7 nitrogen and oxygen atoms in total. The zero-order valence-electron chi connectivity index (χ0n) is 12.0. The van der Waals surface area contributed by atoms with E-state index in [0.29, 0.717) is 16.6 Å². The van der Waals surface area contributed by atoms with E-state index in [1.54, 1.807) is 32.2 Å². The third-order valence-corrected chi connectivity index (χ3v) is 5.75. The number of nitrogens with zero attached hydrogens (tertiary/aromatic N) is 3. The molecule has 118 valence electrons. The SMILES string of the molecule is Cc1noc(C)c1S(=O)(=O)N1CC(Oc2ncccc2Cl)C1. The van der Waals surface area contributed by atoms with Crippen molar-refractivity contribution >= 4 is 21.6 Å². The summed E-state index contributed by atoms with van der Waals surface area (Å²) in [5.74, 6) is 0.596. The van der Waals surface area contributed by atoms with E-state index in [-0.39, 0.29) is 29.8 Å². The van der Waals surface area contributed by atoms with Gasteiger partial charge in [0.2, 0.25) is 15.9 Å². The van der Waals surface area contributed by atoms with Crippen LogP contribution in [0.1, 0.15) is 11.5 Å². The topological polar surface area (TPSA) is 85.5 Å². The Hall–Kier alpha value is -1.64. The fourth-order valence-electron chi connectivity index (χ4n) is 2.26. The lowest BCUT2D eigenvalue weighted by Crippen LogP contribution is -2.56. The average molecular weight is 344 g/mol. The minimum atomic E-state index is -3.61. The van der Waals surface area contributed by atoms with Crippen LogP contribution < -0.4 is 4.74 Å². The van der Waals surface area contributed by atoms with Gasteiger partial charge in [0, 0.05) is 6.20 Å². The van der Waals surface area contributed by atoms with Crippen molar-refractivity contribution in [3.8, 4) is 5.88 Å². The van der Waals surface area contributed by atoms with E-state index in [2.05, 4.69) is 10.1 Å². The summed E-state index contributed by atoms with van der Waals surface area (Å²) in [5, 5.41) is 4.08. The standard InChI is InChI=1S/C13H14ClN3O4S/c1-8-12(9(2)21-16-8)22(18,19)17-6-10(7-17)20-13-11(14)4-3-5-15-13/h3-5,10H,6-7H2,1-2H3. The third-order valence-electron chi connectivity index (χ3n) is 3.38. The molecular weight excluding hydrogens is 330 g/mol. The van der Waals surface area contributed by atoms with E-state index in [4.69, 9.17) is 20.9 Å². The van der Waals surface area contributed by atoms with Crippen molar-refractivity contribution in [2.24, 2.45) is 0 Å². The number of aromatic nitrogens is 2. The molecule has 0 atom stereocenters. The van der Waals surface area contributed by atoms with Gasteiger partial charge in [0.1, 0.15) is 21.7 Å². The molecule has 0 aliphatic carbocycles. The van der Waals surface area contributed by atoms with Gasteiger partial charge in [-0.3, -0.25) is 0 Å². The minimum Gasteiger partial charge on any atom is -0.470 e. The number of rotatable bonds is 4. The largest absolute Gasteiger partial charge is 0.470 e. The van der Waals surface area contributed by atoms with Crippen molar-refractivity contribution < 1.29 is 17.7 Å². The molecule has 0 N–H and O–H groups in total. The van der Waals surface area contributed by atoms with Crippen LogP contribution in [0, 0.1) is 13.8 Å². The molecule has 0 radical (unpaired) electrons. The fourth-order valence-corrected chi connectivity index (χ4v) is 4.22. The van der Waals surface area contributed by atoms with Gasteiger partial charge in [0.25, 0.3) is 0 Å². The Morgan fingerprint density at radius 1 is 1.41 bits per heavy atom. The highest BCUT2D eigenvalue weighted by molar-refractivity contribution is 7.89. The van der Waals surface area contributed by atoms with E-state index in [1.165, 1.54) is 4.31 Å². The Morgan fingerprint density at radius 3 is 2.73 bits per heavy atom. The molecule has 22 heavy (non-hydrogen) atoms. The van der Waals surface area contributed by atoms with Crippen molar-refractivity contribution in [3.63, 3.8) is 0 Å². The first-order chi connectivity index (χ1) is 10.4. The molecule has 0 spiro atoms. The molecule has 2 aromatic heterocycles. The third kappa shape index (κ3) is 2.57. The number of ether oxygens (including phenoxy) is 1. The van der Waals surface area contributed by atoms with Crippen LogP contribution in [0.15, 0.2) is 27.7 Å². The molecule has 3 heterocycles. The summed E-state index contributed by atoms with van der Waals surface area (Å²) >= 11 is 5.96. The summed E-state index contributed by atoms with van der Waals surface area (Å²) < 4.78 is 36.9. The van der Waals surface area contributed by atoms with Gasteiger partial charge >= 0.3 is 0 Å². The Labute approximate surface area is 132 Å². The van der Waals surface area contributed by atoms with Gasteiger partial charge in [0.05, 0.1) is 13.1 Å². The van der Waals surface area contributed by atoms with Crippen molar-refractivity contribution in [1.82, 2.24) is 14.4 Å². The van der Waals surface area contributed by atoms with Crippen LogP contribution in [0.3, 0.4) is 0 Å². The molecule has 3 rings (SSSR count). The molecule has 0 unspecified atom stereocenters. The van der Waals surface area contributed by atoms with Gasteiger partial charge in [-0.25, -0.2) is 13.4 Å². The molecule has 1 aliphatic rings. The maximum absolute atomic E-state index is 12.5. The second-order valence-corrected chi connectivity index (χ2v) is 7.29. The Morgan fingerprint density at radius 2 is 2.14 bits per heavy atom. The quantitative estimate of drug-likeness (QED) is 0.841. The van der Waals surface area contributed by atoms with Crippen molar-refractivity contribution in [3.05, 3.63) is 34.8 Å². The summed E-state index contributed by atoms with van der Waals surface area (Å²) in [4.78, 5) is 4.14. The zero-order valence-corrected chi connectivity index (χ0v) is 13.6. The lowest BCUT2D eigenvalue weighted by Gasteiger charge is -2.37. The molecule has 0 amide bonds. The minimum absolute atomic E-state index is 0.127. The monoisotopic (exact) mass is 343 g/mol. The number of sulfonamides is 1. The van der Waals surface area contributed by atoms with E-state index in [1.807, 2.05) is 0 Å². The van der Waals surface area contributed by atoms with Gasteiger partial charge in [-0.15, -0.1) is 0 Å². The van der Waals surface area contributed by atoms with Gasteiger partial charge in [-0.2, -0.15) is 4.31 Å². The Balaban J connectivity index is 1.70. The Bertz CT molecular complexity index is 780. The first kappa shape index (κ1) is 15.3. The molecule has 0 saturated carbocycles. The van der Waals surface area contributed by atoms with E-state index in [9.17, 15) is 8.42 Å². The molecular formula is C13H14ClN3O4S. The highest BCUT2D eigenvalue weighted by atomic mass is 35.5. The summed E-state index contributed by atoms with van der Waals surface area (Å²) in [7, 11) is -3.61. The Kier molecular flexibility index (Phi) is 3.84. The number of aryl methyl sites for hydroxylation is 2. The second kappa shape index (κ2) is 5.53. The summed E-state index contributed by atoms with van der Waals surface area (Å²) in [5.41, 5.74) is 0.356. The second-order valence-electron chi connectivity index (χ2n) is 5.01. The number of pyridine rings is 1. The number of hydrogen-bond donors (Lipinski definition) is 0. The van der Waals surface area contributed by atoms with Gasteiger partial charge in [-0.05, 0) is 26.0 Å².